The third-order valence-corrected chi connectivity index (χ3v) is 3.41. The van der Waals surface area contributed by atoms with Crippen LogP contribution in [0.4, 0.5) is 5.69 Å². The van der Waals surface area contributed by atoms with Crippen molar-refractivity contribution in [1.29, 1.82) is 0 Å². The van der Waals surface area contributed by atoms with Gasteiger partial charge in [-0.15, -0.1) is 0 Å². The monoisotopic (exact) mass is 262 g/mol. The number of carboxylic acid groups (broad SMARTS) is 1. The van der Waals surface area contributed by atoms with E-state index in [4.69, 9.17) is 10.8 Å². The number of rotatable bonds is 3. The van der Waals surface area contributed by atoms with Gasteiger partial charge in [0, 0.05) is 12.2 Å². The van der Waals surface area contributed by atoms with Crippen molar-refractivity contribution in [2.24, 2.45) is 0 Å². The number of piperidine rings is 1. The Morgan fingerprint density at radius 3 is 2.84 bits per heavy atom. The van der Waals surface area contributed by atoms with Gasteiger partial charge in [-0.1, -0.05) is 12.1 Å². The Morgan fingerprint density at radius 2 is 2.16 bits per heavy atom. The SMILES string of the molecule is Nc1cccc(CC(=O)N2CCCCC2C(=O)O)c1. The molecule has 3 N–H and O–H groups in total. The fourth-order valence-corrected chi connectivity index (χ4v) is 2.47. The van der Waals surface area contributed by atoms with Crippen LogP contribution in [-0.2, 0) is 16.0 Å². The molecule has 1 atom stereocenters. The lowest BCUT2D eigenvalue weighted by Crippen LogP contribution is -2.48. The van der Waals surface area contributed by atoms with Gasteiger partial charge in [-0.3, -0.25) is 4.79 Å². The van der Waals surface area contributed by atoms with Crippen LogP contribution in [0.15, 0.2) is 24.3 Å². The number of likely N-dealkylation sites (tertiary alicyclic amines) is 1. The molecule has 5 heteroatoms. The number of carbonyl (C=O) groups excluding carboxylic acids is 1. The van der Waals surface area contributed by atoms with Crippen molar-refractivity contribution < 1.29 is 14.7 Å². The summed E-state index contributed by atoms with van der Waals surface area (Å²) < 4.78 is 0. The van der Waals surface area contributed by atoms with Gasteiger partial charge in [0.2, 0.25) is 5.91 Å². The molecule has 1 fully saturated rings. The number of carbonyl (C=O) groups is 2. The Morgan fingerprint density at radius 1 is 1.37 bits per heavy atom. The second kappa shape index (κ2) is 5.73. The van der Waals surface area contributed by atoms with Crippen molar-refractivity contribution in [2.45, 2.75) is 31.7 Å². The molecule has 0 radical (unpaired) electrons. The first-order chi connectivity index (χ1) is 9.08. The van der Waals surface area contributed by atoms with Crippen LogP contribution in [0.25, 0.3) is 0 Å². The predicted octanol–water partition coefficient (Wildman–Crippen LogP) is 1.28. The van der Waals surface area contributed by atoms with Gasteiger partial charge in [0.05, 0.1) is 6.42 Å². The first-order valence-corrected chi connectivity index (χ1v) is 6.44. The highest BCUT2D eigenvalue weighted by molar-refractivity contribution is 5.85. The van der Waals surface area contributed by atoms with Crippen LogP contribution in [0.3, 0.4) is 0 Å². The maximum absolute atomic E-state index is 12.2. The zero-order valence-electron chi connectivity index (χ0n) is 10.7. The van der Waals surface area contributed by atoms with Gasteiger partial charge in [-0.2, -0.15) is 0 Å². The minimum atomic E-state index is -0.916. The molecule has 102 valence electrons. The average Bonchev–Trinajstić information content (AvgIpc) is 2.38. The number of aliphatic carboxylic acids is 1. The summed E-state index contributed by atoms with van der Waals surface area (Å²) in [5, 5.41) is 9.15. The Labute approximate surface area is 112 Å². The second-order valence-corrected chi connectivity index (χ2v) is 4.86. The van der Waals surface area contributed by atoms with Crippen LogP contribution in [-0.4, -0.2) is 34.5 Å². The van der Waals surface area contributed by atoms with Crippen molar-refractivity contribution in [3.8, 4) is 0 Å². The Kier molecular flexibility index (Phi) is 4.04. The smallest absolute Gasteiger partial charge is 0.326 e. The van der Waals surface area contributed by atoms with Crippen LogP contribution < -0.4 is 5.73 Å². The number of benzene rings is 1. The minimum Gasteiger partial charge on any atom is -0.480 e. The summed E-state index contributed by atoms with van der Waals surface area (Å²) in [6, 6.07) is 6.45. The van der Waals surface area contributed by atoms with Gasteiger partial charge in [0.25, 0.3) is 0 Å². The lowest BCUT2D eigenvalue weighted by atomic mass is 10.0. The van der Waals surface area contributed by atoms with Crippen LogP contribution >= 0.6 is 0 Å². The molecule has 0 spiro atoms. The van der Waals surface area contributed by atoms with E-state index in [-0.39, 0.29) is 12.3 Å². The minimum absolute atomic E-state index is 0.141. The molecule has 1 aromatic rings. The summed E-state index contributed by atoms with van der Waals surface area (Å²) in [4.78, 5) is 24.9. The van der Waals surface area contributed by atoms with Crippen molar-refractivity contribution in [1.82, 2.24) is 4.90 Å². The fourth-order valence-electron chi connectivity index (χ4n) is 2.47. The van der Waals surface area contributed by atoms with Crippen LogP contribution in [0.1, 0.15) is 24.8 Å². The molecule has 1 aliphatic rings. The van der Waals surface area contributed by atoms with Crippen LogP contribution in [0, 0.1) is 0 Å². The summed E-state index contributed by atoms with van der Waals surface area (Å²) >= 11 is 0. The zero-order valence-corrected chi connectivity index (χ0v) is 10.7. The summed E-state index contributed by atoms with van der Waals surface area (Å²) in [5.74, 6) is -1.06. The summed E-state index contributed by atoms with van der Waals surface area (Å²) in [6.07, 6.45) is 2.47. The number of nitrogens with zero attached hydrogens (tertiary/aromatic N) is 1. The van der Waals surface area contributed by atoms with Crippen molar-refractivity contribution in [2.75, 3.05) is 12.3 Å². The van der Waals surface area contributed by atoms with Crippen molar-refractivity contribution >= 4 is 17.6 Å². The van der Waals surface area contributed by atoms with Gasteiger partial charge < -0.3 is 15.7 Å². The molecule has 1 heterocycles. The van der Waals surface area contributed by atoms with E-state index in [0.29, 0.717) is 18.7 Å². The normalized spacial score (nSPS) is 19.2. The molecule has 19 heavy (non-hydrogen) atoms. The topological polar surface area (TPSA) is 83.6 Å². The molecule has 1 amide bonds. The highest BCUT2D eigenvalue weighted by atomic mass is 16.4. The molecule has 2 rings (SSSR count). The maximum atomic E-state index is 12.2. The molecular formula is C14H18N2O3. The van der Waals surface area contributed by atoms with Gasteiger partial charge in [0.15, 0.2) is 0 Å². The lowest BCUT2D eigenvalue weighted by molar-refractivity contribution is -0.151. The number of carboxylic acids is 1. The van der Waals surface area contributed by atoms with E-state index >= 15 is 0 Å². The van der Waals surface area contributed by atoms with E-state index in [1.54, 1.807) is 18.2 Å². The number of hydrogen-bond donors (Lipinski definition) is 2. The highest BCUT2D eigenvalue weighted by Crippen LogP contribution is 2.19. The molecule has 1 aliphatic heterocycles. The number of hydrogen-bond acceptors (Lipinski definition) is 3. The van der Waals surface area contributed by atoms with E-state index in [2.05, 4.69) is 0 Å². The lowest BCUT2D eigenvalue weighted by Gasteiger charge is -2.33. The van der Waals surface area contributed by atoms with E-state index in [1.807, 2.05) is 6.07 Å². The number of amides is 1. The quantitative estimate of drug-likeness (QED) is 0.804. The third kappa shape index (κ3) is 3.24. The number of anilines is 1. The predicted molar refractivity (Wildman–Crippen MR) is 71.5 cm³/mol. The molecule has 0 aliphatic carbocycles. The first kappa shape index (κ1) is 13.4. The van der Waals surface area contributed by atoms with Gasteiger partial charge in [-0.25, -0.2) is 4.79 Å². The summed E-state index contributed by atoms with van der Waals surface area (Å²) in [7, 11) is 0. The number of nitrogens with two attached hydrogens (primary N) is 1. The standard InChI is InChI=1S/C14H18N2O3/c15-11-5-3-4-10(8-11)9-13(17)16-7-2-1-6-12(16)14(18)19/h3-5,8,12H,1-2,6-7,9,15H2,(H,18,19). The Balaban J connectivity index is 2.07. The molecule has 5 nitrogen and oxygen atoms in total. The second-order valence-electron chi connectivity index (χ2n) is 4.86. The van der Waals surface area contributed by atoms with Crippen LogP contribution in [0.2, 0.25) is 0 Å². The fraction of sp³-hybridized carbons (Fsp3) is 0.429. The highest BCUT2D eigenvalue weighted by Gasteiger charge is 2.31. The maximum Gasteiger partial charge on any atom is 0.326 e. The zero-order chi connectivity index (χ0) is 13.8. The average molecular weight is 262 g/mol. The van der Waals surface area contributed by atoms with Gasteiger partial charge >= 0.3 is 5.97 Å². The van der Waals surface area contributed by atoms with E-state index in [0.717, 1.165) is 18.4 Å². The van der Waals surface area contributed by atoms with Crippen LogP contribution in [0.5, 0.6) is 0 Å². The van der Waals surface area contributed by atoms with E-state index in [1.165, 1.54) is 4.90 Å². The summed E-state index contributed by atoms with van der Waals surface area (Å²) in [5.41, 5.74) is 7.10. The van der Waals surface area contributed by atoms with Crippen molar-refractivity contribution in [3.05, 3.63) is 29.8 Å². The molecule has 1 saturated heterocycles. The molecule has 1 unspecified atom stereocenters. The van der Waals surface area contributed by atoms with E-state index < -0.39 is 12.0 Å². The largest absolute Gasteiger partial charge is 0.480 e. The van der Waals surface area contributed by atoms with Crippen molar-refractivity contribution in [3.63, 3.8) is 0 Å². The van der Waals surface area contributed by atoms with Gasteiger partial charge in [-0.05, 0) is 37.0 Å². The molecule has 0 saturated carbocycles. The summed E-state index contributed by atoms with van der Waals surface area (Å²) in [6.45, 7) is 0.526. The van der Waals surface area contributed by atoms with Gasteiger partial charge in [0.1, 0.15) is 6.04 Å². The Bertz CT molecular complexity index is 487. The third-order valence-electron chi connectivity index (χ3n) is 3.41. The molecule has 0 aromatic heterocycles. The molecule has 0 bridgehead atoms. The number of nitrogen functional groups attached to an aromatic ring is 1. The first-order valence-electron chi connectivity index (χ1n) is 6.44. The Hall–Kier alpha value is -2.04. The molecular weight excluding hydrogens is 244 g/mol. The van der Waals surface area contributed by atoms with E-state index in [9.17, 15) is 9.59 Å². The molecule has 1 aromatic carbocycles.